The van der Waals surface area contributed by atoms with E-state index in [-0.39, 0.29) is 10.8 Å². The Hall–Kier alpha value is -4.88. The monoisotopic (exact) mass is 610 g/mol. The van der Waals surface area contributed by atoms with Gasteiger partial charge in [-0.05, 0) is 126 Å². The summed E-state index contributed by atoms with van der Waals surface area (Å²) in [6.07, 6.45) is 9.67. The van der Waals surface area contributed by atoms with Crippen molar-refractivity contribution in [3.8, 4) is 22.3 Å². The fraction of sp³-hybridized carbons (Fsp3) is 0.217. The van der Waals surface area contributed by atoms with Crippen LogP contribution in [0.5, 0.6) is 0 Å². The Balaban J connectivity index is 1.51. The maximum atomic E-state index is 6.60. The van der Waals surface area contributed by atoms with Gasteiger partial charge in [0.15, 0.2) is 0 Å². The van der Waals surface area contributed by atoms with Gasteiger partial charge in [-0.2, -0.15) is 0 Å². The lowest BCUT2D eigenvalue weighted by atomic mass is 9.79. The summed E-state index contributed by atoms with van der Waals surface area (Å²) >= 11 is 0. The Labute approximate surface area is 278 Å². The quantitative estimate of drug-likeness (QED) is 0.178. The molecule has 0 unspecified atom stereocenters. The lowest BCUT2D eigenvalue weighted by Gasteiger charge is -2.25. The van der Waals surface area contributed by atoms with Gasteiger partial charge in [0.1, 0.15) is 11.2 Å². The highest BCUT2D eigenvalue weighted by atomic mass is 16.3. The van der Waals surface area contributed by atoms with Crippen LogP contribution in [0, 0.1) is 6.92 Å². The van der Waals surface area contributed by atoms with Gasteiger partial charge in [-0.25, -0.2) is 0 Å². The van der Waals surface area contributed by atoms with Crippen molar-refractivity contribution in [2.24, 2.45) is 0 Å². The molecule has 0 saturated carbocycles. The first-order valence-corrected chi connectivity index (χ1v) is 16.9. The lowest BCUT2D eigenvalue weighted by Crippen LogP contribution is -2.11. The molecule has 0 bridgehead atoms. The number of benzene rings is 6. The molecular formula is C46H42O. The molecule has 1 aromatic heterocycles. The summed E-state index contributed by atoms with van der Waals surface area (Å²) in [7, 11) is 0. The van der Waals surface area contributed by atoms with Gasteiger partial charge in [0.05, 0.1) is 0 Å². The van der Waals surface area contributed by atoms with E-state index >= 15 is 0 Å². The summed E-state index contributed by atoms with van der Waals surface area (Å²) < 4.78 is 6.60. The number of allylic oxidation sites excluding steroid dienone is 3. The second-order valence-electron chi connectivity index (χ2n) is 15.4. The number of fused-ring (bicyclic) bond motifs is 6. The van der Waals surface area contributed by atoms with Crippen molar-refractivity contribution >= 4 is 49.6 Å². The molecule has 8 rings (SSSR count). The first kappa shape index (κ1) is 29.5. The van der Waals surface area contributed by atoms with Crippen molar-refractivity contribution in [2.45, 2.75) is 65.7 Å². The Morgan fingerprint density at radius 2 is 1.19 bits per heavy atom. The predicted molar refractivity (Wildman–Crippen MR) is 204 cm³/mol. The van der Waals surface area contributed by atoms with Crippen molar-refractivity contribution < 1.29 is 4.42 Å². The topological polar surface area (TPSA) is 13.1 Å². The minimum atomic E-state index is 0.0202. The van der Waals surface area contributed by atoms with Gasteiger partial charge in [-0.3, -0.25) is 0 Å². The average molecular weight is 611 g/mol. The third kappa shape index (κ3) is 4.83. The number of rotatable bonds is 2. The molecule has 7 aromatic rings. The Morgan fingerprint density at radius 1 is 0.553 bits per heavy atom. The molecule has 1 aliphatic carbocycles. The molecule has 1 nitrogen and oxygen atoms in total. The SMILES string of the molecule is Cc1c2c(cc3c1oc1ccc(-c4c5ccc(C(C)(C)C)cc5c(-c5ccccc5)c5ccc(C(C)(C)C)cc45)cc13)CC=CC=C2. The van der Waals surface area contributed by atoms with Gasteiger partial charge in [0.25, 0.3) is 0 Å². The summed E-state index contributed by atoms with van der Waals surface area (Å²) in [6, 6.07) is 34.5. The maximum absolute atomic E-state index is 6.60. The zero-order chi connectivity index (χ0) is 32.7. The smallest absolute Gasteiger partial charge is 0.138 e. The van der Waals surface area contributed by atoms with Crippen molar-refractivity contribution in [1.29, 1.82) is 0 Å². The van der Waals surface area contributed by atoms with E-state index < -0.39 is 0 Å². The van der Waals surface area contributed by atoms with Crippen molar-refractivity contribution in [3.63, 3.8) is 0 Å². The molecule has 1 heteroatoms. The lowest BCUT2D eigenvalue weighted by molar-refractivity contribution is 0.590. The van der Waals surface area contributed by atoms with E-state index in [9.17, 15) is 0 Å². The van der Waals surface area contributed by atoms with Gasteiger partial charge in [0.2, 0.25) is 0 Å². The van der Waals surface area contributed by atoms with Crippen LogP contribution in [-0.2, 0) is 17.3 Å². The Morgan fingerprint density at radius 3 is 1.83 bits per heavy atom. The van der Waals surface area contributed by atoms with E-state index in [1.165, 1.54) is 82.4 Å². The standard InChI is InChI=1S/C46H42O/c1-28-34-17-13-9-12-16-30(34)24-40-37-25-31(18-23-41(37)47-44(28)40)43-36-22-20-32(45(2,3)4)26-38(36)42(29-14-10-8-11-15-29)35-21-19-33(27-39(35)43)46(5,6)7/h8-15,17-27H,16H2,1-7H3. The van der Waals surface area contributed by atoms with E-state index in [1.807, 2.05) is 0 Å². The van der Waals surface area contributed by atoms with E-state index in [0.29, 0.717) is 0 Å². The fourth-order valence-electron chi connectivity index (χ4n) is 7.52. The largest absolute Gasteiger partial charge is 0.456 e. The number of hydrogen-bond acceptors (Lipinski definition) is 1. The highest BCUT2D eigenvalue weighted by Crippen LogP contribution is 2.47. The van der Waals surface area contributed by atoms with E-state index in [4.69, 9.17) is 4.42 Å². The molecule has 0 N–H and O–H groups in total. The third-order valence-corrected chi connectivity index (χ3v) is 10.2. The van der Waals surface area contributed by atoms with Crippen LogP contribution >= 0.6 is 0 Å². The number of hydrogen-bond donors (Lipinski definition) is 0. The molecule has 1 heterocycles. The van der Waals surface area contributed by atoms with Gasteiger partial charge in [0, 0.05) is 10.8 Å². The van der Waals surface area contributed by atoms with Crippen LogP contribution in [0.25, 0.3) is 71.8 Å². The molecule has 0 spiro atoms. The number of furan rings is 1. The van der Waals surface area contributed by atoms with Crippen LogP contribution in [-0.4, -0.2) is 0 Å². The van der Waals surface area contributed by atoms with Crippen LogP contribution in [0.3, 0.4) is 0 Å². The van der Waals surface area contributed by atoms with Crippen LogP contribution in [0.4, 0.5) is 0 Å². The first-order chi connectivity index (χ1) is 22.5. The van der Waals surface area contributed by atoms with Crippen LogP contribution < -0.4 is 0 Å². The highest BCUT2D eigenvalue weighted by Gasteiger charge is 2.23. The van der Waals surface area contributed by atoms with E-state index in [0.717, 1.165) is 17.6 Å². The first-order valence-electron chi connectivity index (χ1n) is 16.9. The van der Waals surface area contributed by atoms with E-state index in [1.54, 1.807) is 0 Å². The fourth-order valence-corrected chi connectivity index (χ4v) is 7.52. The molecule has 0 aliphatic heterocycles. The van der Waals surface area contributed by atoms with Gasteiger partial charge < -0.3 is 4.42 Å². The molecule has 0 saturated heterocycles. The normalized spacial score (nSPS) is 13.6. The van der Waals surface area contributed by atoms with Crippen molar-refractivity contribution in [3.05, 3.63) is 137 Å². The highest BCUT2D eigenvalue weighted by molar-refractivity contribution is 6.22. The van der Waals surface area contributed by atoms with Crippen molar-refractivity contribution in [2.75, 3.05) is 0 Å². The average Bonchev–Trinajstić information content (AvgIpc) is 3.23. The minimum Gasteiger partial charge on any atom is -0.456 e. The summed E-state index contributed by atoms with van der Waals surface area (Å²) in [5, 5.41) is 7.53. The molecule has 1 aliphatic rings. The zero-order valence-electron chi connectivity index (χ0n) is 28.6. The third-order valence-electron chi connectivity index (χ3n) is 10.2. The molecule has 232 valence electrons. The van der Waals surface area contributed by atoms with Crippen LogP contribution in [0.1, 0.15) is 69.4 Å². The molecule has 0 fully saturated rings. The Bertz CT molecular complexity index is 2430. The molecule has 0 radical (unpaired) electrons. The second kappa shape index (κ2) is 10.6. The Kier molecular flexibility index (Phi) is 6.64. The summed E-state index contributed by atoms with van der Waals surface area (Å²) in [6.45, 7) is 16.0. The van der Waals surface area contributed by atoms with E-state index in [2.05, 4.69) is 164 Å². The summed E-state index contributed by atoms with van der Waals surface area (Å²) in [5.41, 5.74) is 13.6. The molecule has 0 amide bonds. The molecule has 47 heavy (non-hydrogen) atoms. The summed E-state index contributed by atoms with van der Waals surface area (Å²) in [5.74, 6) is 0. The second-order valence-corrected chi connectivity index (χ2v) is 15.4. The summed E-state index contributed by atoms with van der Waals surface area (Å²) in [4.78, 5) is 0. The maximum Gasteiger partial charge on any atom is 0.138 e. The van der Waals surface area contributed by atoms with Crippen molar-refractivity contribution in [1.82, 2.24) is 0 Å². The minimum absolute atomic E-state index is 0.0202. The molecular weight excluding hydrogens is 569 g/mol. The van der Waals surface area contributed by atoms with Gasteiger partial charge in [-0.15, -0.1) is 0 Å². The van der Waals surface area contributed by atoms with Crippen LogP contribution in [0.15, 0.2) is 114 Å². The predicted octanol–water partition coefficient (Wildman–Crippen LogP) is 13.3. The van der Waals surface area contributed by atoms with Gasteiger partial charge in [-0.1, -0.05) is 127 Å². The van der Waals surface area contributed by atoms with Crippen LogP contribution in [0.2, 0.25) is 0 Å². The molecule has 0 atom stereocenters. The number of aryl methyl sites for hydroxylation is 1. The molecule has 6 aromatic carbocycles. The zero-order valence-corrected chi connectivity index (χ0v) is 28.6. The van der Waals surface area contributed by atoms with Gasteiger partial charge >= 0.3 is 0 Å².